The average molecular weight is 1340 g/mol. The third-order valence-electron chi connectivity index (χ3n) is 15.2. The number of rotatable bonds is 64. The van der Waals surface area contributed by atoms with Crippen LogP contribution in [0, 0.1) is 0 Å². The van der Waals surface area contributed by atoms with E-state index < -0.39 is 12.2 Å². The SMILES string of the molecule is C.CCCCC/C=C\C/C=C\CCCCCCCC(=O)OCC.CCCCC/C=C\C/C=C\CCCCCCCC(=O)OCC(COC(=O)CCCCCCC/C=C\C/C=C\CCCCC)OC(=O)CCCCCCC/C=C\C/C=C\CCCCC.CCO.OCC(O)CO. The number of unbranched alkanes of at least 4 members (excludes halogenated alkanes) is 32. The van der Waals surface area contributed by atoms with Gasteiger partial charge in [0.25, 0.3) is 0 Å². The summed E-state index contributed by atoms with van der Waals surface area (Å²) in [6.07, 6.45) is 86.6. The molecule has 4 N–H and O–H groups in total. The highest BCUT2D eigenvalue weighted by atomic mass is 16.6. The third-order valence-corrected chi connectivity index (χ3v) is 15.2. The molecule has 0 aromatic heterocycles. The van der Waals surface area contributed by atoms with Crippen molar-refractivity contribution in [2.24, 2.45) is 0 Å². The molecule has 0 aliphatic carbocycles. The van der Waals surface area contributed by atoms with Gasteiger partial charge in [0, 0.05) is 32.3 Å². The number of aliphatic hydroxyl groups is 4. The first-order valence-corrected chi connectivity index (χ1v) is 38.4. The lowest BCUT2D eigenvalue weighted by molar-refractivity contribution is -0.167. The molecule has 0 aromatic carbocycles. The molecule has 0 saturated heterocycles. The topological polar surface area (TPSA) is 186 Å². The predicted octanol–water partition coefficient (Wildman–Crippen LogP) is 22.8. The van der Waals surface area contributed by atoms with Gasteiger partial charge in [-0.1, -0.05) is 261 Å². The van der Waals surface area contributed by atoms with Crippen molar-refractivity contribution in [3.8, 4) is 0 Å². The second-order valence-electron chi connectivity index (χ2n) is 24.5. The minimum Gasteiger partial charge on any atom is -0.466 e. The second-order valence-corrected chi connectivity index (χ2v) is 24.5. The molecule has 0 spiro atoms. The van der Waals surface area contributed by atoms with Gasteiger partial charge in [-0.15, -0.1) is 0 Å². The van der Waals surface area contributed by atoms with Gasteiger partial charge < -0.3 is 39.4 Å². The fraction of sp³-hybridized carbons (Fsp3) is 0.759. The summed E-state index contributed by atoms with van der Waals surface area (Å²) in [6, 6.07) is 0. The van der Waals surface area contributed by atoms with E-state index in [1.54, 1.807) is 6.92 Å². The van der Waals surface area contributed by atoms with Gasteiger partial charge in [0.15, 0.2) is 6.10 Å². The Morgan fingerprint density at radius 2 is 0.505 bits per heavy atom. The molecule has 12 nitrogen and oxygen atoms in total. The molecule has 0 bridgehead atoms. The standard InChI is InChI=1S/C57H98O6.C20H36O2.C3H8O3.C2H6O.CH4/c1-4-7-10-13-16-19-22-25-28-31-34-37-40-43-46-49-55(58)61-52-54(63-57(60)51-48-45-42-39-36-33-30-27-24-21-18-15-12-9-6-3)53-62-56(59)50-47-44-41-38-35-32-29-26-23-20-17-14-11-8-5-2;1-3-5-6-7-8-9-10-11-12-13-14-15-16-17-18-19-20(21)22-4-2;4-1-3(6)2-5;1-2-3;/h16-21,25-30,54H,4-15,22-24,31-53H2,1-3H3;8-9,11-12H,3-7,10,13-19H2,1-2H3;3-6H,1-2H2;3H,2H2,1H3;1H4/b19-16-,20-17-,21-18-,28-25-,29-26-,30-27-;9-8-,12-11-;;;. The van der Waals surface area contributed by atoms with Crippen LogP contribution in [0.4, 0.5) is 0 Å². The molecule has 0 fully saturated rings. The lowest BCUT2D eigenvalue weighted by Gasteiger charge is -2.18. The monoisotopic (exact) mass is 1340 g/mol. The predicted molar refractivity (Wildman–Crippen MR) is 406 cm³/mol. The highest BCUT2D eigenvalue weighted by molar-refractivity contribution is 5.71. The van der Waals surface area contributed by atoms with Crippen molar-refractivity contribution in [2.45, 2.75) is 369 Å². The van der Waals surface area contributed by atoms with Crippen molar-refractivity contribution in [2.75, 3.05) is 39.6 Å². The van der Waals surface area contributed by atoms with Gasteiger partial charge in [0.2, 0.25) is 0 Å². The van der Waals surface area contributed by atoms with E-state index in [0.717, 1.165) is 154 Å². The van der Waals surface area contributed by atoms with Crippen LogP contribution in [0.5, 0.6) is 0 Å². The Bertz CT molecular complexity index is 1730. The van der Waals surface area contributed by atoms with E-state index in [4.69, 9.17) is 39.4 Å². The molecule has 556 valence electrons. The van der Waals surface area contributed by atoms with Crippen molar-refractivity contribution in [3.63, 3.8) is 0 Å². The number of aliphatic hydroxyl groups excluding tert-OH is 4. The van der Waals surface area contributed by atoms with Crippen LogP contribution in [0.1, 0.15) is 357 Å². The van der Waals surface area contributed by atoms with Crippen LogP contribution < -0.4 is 0 Å². The van der Waals surface area contributed by atoms with Crippen molar-refractivity contribution in [1.29, 1.82) is 0 Å². The molecular weight excluding hydrogens is 1190 g/mol. The van der Waals surface area contributed by atoms with Crippen LogP contribution >= 0.6 is 0 Å². The smallest absolute Gasteiger partial charge is 0.306 e. The van der Waals surface area contributed by atoms with Crippen LogP contribution in [0.3, 0.4) is 0 Å². The minimum absolute atomic E-state index is 0. The Morgan fingerprint density at radius 3 is 0.726 bits per heavy atom. The zero-order chi connectivity index (χ0) is 69.8. The van der Waals surface area contributed by atoms with Gasteiger partial charge in [0.1, 0.15) is 19.3 Å². The zero-order valence-corrected chi connectivity index (χ0v) is 61.6. The molecule has 0 aliphatic heterocycles. The summed E-state index contributed by atoms with van der Waals surface area (Å²) in [4.78, 5) is 49.1. The maximum absolute atomic E-state index is 12.8. The molecule has 95 heavy (non-hydrogen) atoms. The Kier molecular flexibility index (Phi) is 95.9. The van der Waals surface area contributed by atoms with Gasteiger partial charge in [0.05, 0.1) is 19.8 Å². The normalized spacial score (nSPS) is 11.6. The number of esters is 4. The van der Waals surface area contributed by atoms with Gasteiger partial charge in [-0.05, 0) is 168 Å². The van der Waals surface area contributed by atoms with Gasteiger partial charge in [-0.2, -0.15) is 0 Å². The third kappa shape index (κ3) is 96.1. The number of carbonyl (C=O) groups is 4. The van der Waals surface area contributed by atoms with Crippen LogP contribution in [-0.4, -0.2) is 96.2 Å². The number of carbonyl (C=O) groups excluding carboxylic acids is 4. The molecule has 0 unspecified atom stereocenters. The maximum Gasteiger partial charge on any atom is 0.306 e. The van der Waals surface area contributed by atoms with Crippen LogP contribution in [-0.2, 0) is 38.1 Å². The highest BCUT2D eigenvalue weighted by Crippen LogP contribution is 2.15. The molecule has 0 saturated carbocycles. The number of ether oxygens (including phenoxy) is 4. The summed E-state index contributed by atoms with van der Waals surface area (Å²) in [5.41, 5.74) is 0. The summed E-state index contributed by atoms with van der Waals surface area (Å²) in [7, 11) is 0. The average Bonchev–Trinajstić information content (AvgIpc) is 3.43. The molecule has 0 radical (unpaired) electrons. The quantitative estimate of drug-likeness (QED) is 0.0196. The van der Waals surface area contributed by atoms with Gasteiger partial charge in [-0.25, -0.2) is 0 Å². The first-order valence-electron chi connectivity index (χ1n) is 38.4. The van der Waals surface area contributed by atoms with Crippen molar-refractivity contribution < 1.29 is 58.6 Å². The van der Waals surface area contributed by atoms with Crippen molar-refractivity contribution >= 4 is 23.9 Å². The van der Waals surface area contributed by atoms with Crippen LogP contribution in [0.25, 0.3) is 0 Å². The molecule has 12 heteroatoms. The largest absolute Gasteiger partial charge is 0.466 e. The van der Waals surface area contributed by atoms with Gasteiger partial charge >= 0.3 is 23.9 Å². The zero-order valence-electron chi connectivity index (χ0n) is 61.6. The first kappa shape index (κ1) is 99.3. The van der Waals surface area contributed by atoms with E-state index in [-0.39, 0.29) is 64.3 Å². The van der Waals surface area contributed by atoms with Crippen LogP contribution in [0.15, 0.2) is 97.2 Å². The minimum atomic E-state index is -0.954. The summed E-state index contributed by atoms with van der Waals surface area (Å²) in [6.45, 7) is 12.3. The summed E-state index contributed by atoms with van der Waals surface area (Å²) >= 11 is 0. The van der Waals surface area contributed by atoms with E-state index in [9.17, 15) is 19.2 Å². The molecule has 0 atom stereocenters. The summed E-state index contributed by atoms with van der Waals surface area (Å²) in [5.74, 6) is -0.979. The lowest BCUT2D eigenvalue weighted by Crippen LogP contribution is -2.30. The molecule has 0 amide bonds. The summed E-state index contributed by atoms with van der Waals surface area (Å²) < 4.78 is 21.7. The van der Waals surface area contributed by atoms with Gasteiger partial charge in [-0.3, -0.25) is 19.2 Å². The van der Waals surface area contributed by atoms with E-state index >= 15 is 0 Å². The molecule has 0 aliphatic rings. The maximum atomic E-state index is 12.8. The number of hydrogen-bond donors (Lipinski definition) is 4. The van der Waals surface area contributed by atoms with E-state index in [1.807, 2.05) is 6.92 Å². The van der Waals surface area contributed by atoms with Crippen LogP contribution in [0.2, 0.25) is 0 Å². The Morgan fingerprint density at radius 1 is 0.295 bits per heavy atom. The lowest BCUT2D eigenvalue weighted by atomic mass is 10.1. The van der Waals surface area contributed by atoms with E-state index in [1.165, 1.54) is 128 Å². The van der Waals surface area contributed by atoms with E-state index in [0.29, 0.717) is 32.3 Å². The fourth-order valence-corrected chi connectivity index (χ4v) is 9.49. The molecule has 0 heterocycles. The van der Waals surface area contributed by atoms with E-state index in [2.05, 4.69) is 125 Å². The number of hydrogen-bond acceptors (Lipinski definition) is 12. The number of allylic oxidation sites excluding steroid dienone is 16. The first-order chi connectivity index (χ1) is 46.1. The van der Waals surface area contributed by atoms with Crippen molar-refractivity contribution in [3.05, 3.63) is 97.2 Å². The molecular formula is C83H152O12. The Hall–Kier alpha value is -4.36. The second kappa shape index (κ2) is 91.7. The molecule has 0 rings (SSSR count). The Balaban J connectivity index is -0.000000691. The summed E-state index contributed by atoms with van der Waals surface area (Å²) in [5, 5.41) is 31.6. The Labute approximate surface area is 585 Å². The fourth-order valence-electron chi connectivity index (χ4n) is 9.49. The van der Waals surface area contributed by atoms with Crippen molar-refractivity contribution in [1.82, 2.24) is 0 Å². The highest BCUT2D eigenvalue weighted by Gasteiger charge is 2.19. The molecule has 0 aromatic rings.